The molecule has 0 saturated carbocycles. The first-order chi connectivity index (χ1) is 7.56. The Kier molecular flexibility index (Phi) is 9.31. The third kappa shape index (κ3) is 9.97. The summed E-state index contributed by atoms with van der Waals surface area (Å²) in [6.07, 6.45) is 6.59. The molecule has 94 valence electrons. The molecule has 0 aromatic carbocycles. The maximum absolute atomic E-state index is 9.59. The minimum atomic E-state index is -0.451. The second kappa shape index (κ2) is 9.65. The molecule has 0 heterocycles. The minimum Gasteiger partial charge on any atom is -0.389 e. The van der Waals surface area contributed by atoms with Crippen molar-refractivity contribution in [1.82, 2.24) is 5.32 Å². The zero-order valence-corrected chi connectivity index (χ0v) is 10.7. The molecule has 3 nitrogen and oxygen atoms in total. The summed E-state index contributed by atoms with van der Waals surface area (Å²) in [4.78, 5) is 0. The number of nitrogens with one attached hydrogen (secondary N) is 1. The molecule has 0 fully saturated rings. The van der Waals surface area contributed by atoms with Gasteiger partial charge in [0, 0.05) is 19.5 Å². The van der Waals surface area contributed by atoms with Crippen LogP contribution in [-0.4, -0.2) is 37.0 Å². The normalized spacial score (nSPS) is 14.8. The van der Waals surface area contributed by atoms with Crippen LogP contribution >= 0.6 is 0 Å². The Morgan fingerprint density at radius 3 is 2.62 bits per heavy atom. The van der Waals surface area contributed by atoms with E-state index in [1.54, 1.807) is 0 Å². The summed E-state index contributed by atoms with van der Waals surface area (Å²) in [6, 6.07) is 0. The van der Waals surface area contributed by atoms with Crippen LogP contribution in [0.15, 0.2) is 0 Å². The topological polar surface area (TPSA) is 41.5 Å². The number of hydrogen-bond donors (Lipinski definition) is 2. The Morgan fingerprint density at radius 1 is 1.38 bits per heavy atom. The molecule has 0 rings (SSSR count). The number of ether oxygens (including phenoxy) is 1. The van der Waals surface area contributed by atoms with E-state index in [1.165, 1.54) is 0 Å². The van der Waals surface area contributed by atoms with E-state index in [1.807, 2.05) is 6.92 Å². The third-order valence-corrected chi connectivity index (χ3v) is 2.20. The molecule has 0 aromatic heterocycles. The average molecular weight is 227 g/mol. The fraction of sp³-hybridized carbons (Fsp3) is 0.846. The molecule has 0 amide bonds. The van der Waals surface area contributed by atoms with Gasteiger partial charge in [0.1, 0.15) is 0 Å². The number of terminal acetylenes is 1. The maximum atomic E-state index is 9.59. The molecule has 0 radical (unpaired) electrons. The van der Waals surface area contributed by atoms with Gasteiger partial charge in [0.15, 0.2) is 0 Å². The first kappa shape index (κ1) is 15.4. The van der Waals surface area contributed by atoms with Crippen LogP contribution in [0, 0.1) is 18.3 Å². The summed E-state index contributed by atoms with van der Waals surface area (Å²) in [5.74, 6) is 3.16. The summed E-state index contributed by atoms with van der Waals surface area (Å²) in [5, 5.41) is 12.7. The third-order valence-electron chi connectivity index (χ3n) is 2.20. The lowest BCUT2D eigenvalue weighted by molar-refractivity contribution is -0.00837. The standard InChI is InChI=1S/C13H25NO2/c1-5-6-7-14-9-13(15)10-16-12(4)8-11(2)3/h1,11-15H,6-10H2,2-4H3. The fourth-order valence-corrected chi connectivity index (χ4v) is 1.50. The summed E-state index contributed by atoms with van der Waals surface area (Å²) in [7, 11) is 0. The molecule has 0 aromatic rings. The highest BCUT2D eigenvalue weighted by atomic mass is 16.5. The molecular formula is C13H25NO2. The fourth-order valence-electron chi connectivity index (χ4n) is 1.50. The van der Waals surface area contributed by atoms with Crippen LogP contribution in [0.5, 0.6) is 0 Å². The van der Waals surface area contributed by atoms with Gasteiger partial charge >= 0.3 is 0 Å². The molecule has 16 heavy (non-hydrogen) atoms. The Hall–Kier alpha value is -0.560. The molecule has 0 bridgehead atoms. The molecule has 3 heteroatoms. The van der Waals surface area contributed by atoms with Crippen molar-refractivity contribution >= 4 is 0 Å². The SMILES string of the molecule is C#CCCNCC(O)COC(C)CC(C)C. The Labute approximate surface area is 99.6 Å². The maximum Gasteiger partial charge on any atom is 0.0897 e. The molecule has 2 unspecified atom stereocenters. The van der Waals surface area contributed by atoms with Crippen molar-refractivity contribution in [2.45, 2.75) is 45.8 Å². The van der Waals surface area contributed by atoms with E-state index < -0.39 is 6.10 Å². The Morgan fingerprint density at radius 2 is 2.06 bits per heavy atom. The predicted molar refractivity (Wildman–Crippen MR) is 67.2 cm³/mol. The zero-order chi connectivity index (χ0) is 12.4. The van der Waals surface area contributed by atoms with Crippen molar-refractivity contribution in [3.05, 3.63) is 0 Å². The first-order valence-corrected chi connectivity index (χ1v) is 6.00. The van der Waals surface area contributed by atoms with E-state index in [0.29, 0.717) is 25.5 Å². The molecule has 0 aliphatic heterocycles. The summed E-state index contributed by atoms with van der Waals surface area (Å²) in [6.45, 7) is 8.04. The van der Waals surface area contributed by atoms with Gasteiger partial charge in [0.25, 0.3) is 0 Å². The highest BCUT2D eigenvalue weighted by Crippen LogP contribution is 2.07. The van der Waals surface area contributed by atoms with E-state index in [-0.39, 0.29) is 6.10 Å². The van der Waals surface area contributed by atoms with Crippen molar-refractivity contribution < 1.29 is 9.84 Å². The Balaban J connectivity index is 3.42. The largest absolute Gasteiger partial charge is 0.389 e. The lowest BCUT2D eigenvalue weighted by atomic mass is 10.1. The molecule has 0 saturated heterocycles. The molecule has 0 aliphatic rings. The zero-order valence-electron chi connectivity index (χ0n) is 10.7. The predicted octanol–water partition coefficient (Wildman–Crippen LogP) is 1.41. The van der Waals surface area contributed by atoms with Crippen LogP contribution in [0.1, 0.15) is 33.6 Å². The summed E-state index contributed by atoms with van der Waals surface area (Å²) >= 11 is 0. The highest BCUT2D eigenvalue weighted by molar-refractivity contribution is 4.84. The van der Waals surface area contributed by atoms with Gasteiger partial charge < -0.3 is 15.2 Å². The molecule has 0 spiro atoms. The number of aliphatic hydroxyl groups excluding tert-OH is 1. The van der Waals surface area contributed by atoms with Crippen LogP contribution in [0.4, 0.5) is 0 Å². The number of aliphatic hydroxyl groups is 1. The Bertz CT molecular complexity index is 199. The first-order valence-electron chi connectivity index (χ1n) is 6.00. The smallest absolute Gasteiger partial charge is 0.0897 e. The lowest BCUT2D eigenvalue weighted by Gasteiger charge is -2.18. The second-order valence-corrected chi connectivity index (χ2v) is 4.59. The lowest BCUT2D eigenvalue weighted by Crippen LogP contribution is -2.32. The number of hydrogen-bond acceptors (Lipinski definition) is 3. The van der Waals surface area contributed by atoms with Gasteiger partial charge in [-0.25, -0.2) is 0 Å². The molecular weight excluding hydrogens is 202 g/mol. The van der Waals surface area contributed by atoms with E-state index in [0.717, 1.165) is 13.0 Å². The van der Waals surface area contributed by atoms with Crippen LogP contribution in [0.3, 0.4) is 0 Å². The van der Waals surface area contributed by atoms with Crippen molar-refractivity contribution in [2.24, 2.45) is 5.92 Å². The average Bonchev–Trinajstić information content (AvgIpc) is 2.20. The summed E-state index contributed by atoms with van der Waals surface area (Å²) in [5.41, 5.74) is 0. The van der Waals surface area contributed by atoms with Gasteiger partial charge in [-0.05, 0) is 19.3 Å². The van der Waals surface area contributed by atoms with Crippen molar-refractivity contribution in [3.63, 3.8) is 0 Å². The highest BCUT2D eigenvalue weighted by Gasteiger charge is 2.09. The van der Waals surface area contributed by atoms with Crippen LogP contribution in [-0.2, 0) is 4.74 Å². The van der Waals surface area contributed by atoms with Gasteiger partial charge in [0.2, 0.25) is 0 Å². The van der Waals surface area contributed by atoms with Crippen LogP contribution in [0.25, 0.3) is 0 Å². The van der Waals surface area contributed by atoms with Gasteiger partial charge in [-0.15, -0.1) is 12.3 Å². The molecule has 0 aliphatic carbocycles. The van der Waals surface area contributed by atoms with Crippen molar-refractivity contribution in [1.29, 1.82) is 0 Å². The van der Waals surface area contributed by atoms with Crippen molar-refractivity contribution in [3.8, 4) is 12.3 Å². The van der Waals surface area contributed by atoms with Gasteiger partial charge in [-0.1, -0.05) is 13.8 Å². The van der Waals surface area contributed by atoms with Gasteiger partial charge in [-0.2, -0.15) is 0 Å². The summed E-state index contributed by atoms with van der Waals surface area (Å²) < 4.78 is 5.54. The van der Waals surface area contributed by atoms with Gasteiger partial charge in [0.05, 0.1) is 18.8 Å². The monoisotopic (exact) mass is 227 g/mol. The van der Waals surface area contributed by atoms with E-state index in [9.17, 15) is 5.11 Å². The van der Waals surface area contributed by atoms with E-state index >= 15 is 0 Å². The second-order valence-electron chi connectivity index (χ2n) is 4.59. The number of rotatable bonds is 9. The van der Waals surface area contributed by atoms with Crippen molar-refractivity contribution in [2.75, 3.05) is 19.7 Å². The van der Waals surface area contributed by atoms with Crippen LogP contribution in [0.2, 0.25) is 0 Å². The molecule has 2 atom stereocenters. The van der Waals surface area contributed by atoms with E-state index in [2.05, 4.69) is 25.1 Å². The van der Waals surface area contributed by atoms with Gasteiger partial charge in [-0.3, -0.25) is 0 Å². The van der Waals surface area contributed by atoms with E-state index in [4.69, 9.17) is 11.2 Å². The quantitative estimate of drug-likeness (QED) is 0.462. The molecule has 2 N–H and O–H groups in total. The minimum absolute atomic E-state index is 0.209. The van der Waals surface area contributed by atoms with Crippen LogP contribution < -0.4 is 5.32 Å².